The van der Waals surface area contributed by atoms with Crippen LogP contribution in [-0.2, 0) is 11.2 Å². The molecule has 0 spiro atoms. The van der Waals surface area contributed by atoms with E-state index in [-0.39, 0.29) is 22.8 Å². The van der Waals surface area contributed by atoms with Gasteiger partial charge in [-0.15, -0.1) is 0 Å². The Morgan fingerprint density at radius 3 is 2.72 bits per heavy atom. The summed E-state index contributed by atoms with van der Waals surface area (Å²) >= 11 is 0. The van der Waals surface area contributed by atoms with Crippen molar-refractivity contribution in [2.24, 2.45) is 11.1 Å². The minimum Gasteiger partial charge on any atom is -0.381 e. The molecule has 0 atom stereocenters. The highest BCUT2D eigenvalue weighted by Gasteiger charge is 2.36. The summed E-state index contributed by atoms with van der Waals surface area (Å²) in [6.07, 6.45) is 4.24. The van der Waals surface area contributed by atoms with Gasteiger partial charge in [-0.05, 0) is 31.6 Å². The number of hydrogen-bond donors (Lipinski definition) is 2. The van der Waals surface area contributed by atoms with Crippen molar-refractivity contribution >= 4 is 17.5 Å². The molecule has 1 saturated heterocycles. The van der Waals surface area contributed by atoms with Gasteiger partial charge in [0.15, 0.2) is 5.78 Å². The summed E-state index contributed by atoms with van der Waals surface area (Å²) in [5.41, 5.74) is 7.73. The van der Waals surface area contributed by atoms with E-state index in [0.29, 0.717) is 49.1 Å². The molecule has 2 aromatic rings. The molecule has 0 saturated carbocycles. The summed E-state index contributed by atoms with van der Waals surface area (Å²) in [4.78, 5) is 33.5. The molecule has 3 heterocycles. The number of hydrogen-bond acceptors (Lipinski definition) is 7. The molecule has 3 N–H and O–H groups in total. The van der Waals surface area contributed by atoms with Crippen molar-refractivity contribution in [2.75, 3.05) is 18.5 Å². The number of primary amides is 1. The van der Waals surface area contributed by atoms with Crippen molar-refractivity contribution < 1.29 is 14.3 Å². The Kier molecular flexibility index (Phi) is 4.85. The van der Waals surface area contributed by atoms with Crippen LogP contribution in [0.3, 0.4) is 0 Å². The highest BCUT2D eigenvalue weighted by molar-refractivity contribution is 6.00. The average molecular weight is 398 g/mol. The molecule has 0 aromatic carbocycles. The number of Topliss-reactive ketones (excluding diaryl/α,β-unsaturated/α-hetero) is 1. The average Bonchev–Trinajstić information content (AvgIpc) is 2.97. The number of ketones is 1. The number of rotatable bonds is 4. The third-order valence-corrected chi connectivity index (χ3v) is 5.51. The number of carbonyl (C=O) groups is 2. The molecule has 9 heteroatoms. The van der Waals surface area contributed by atoms with Gasteiger partial charge in [-0.1, -0.05) is 13.8 Å². The van der Waals surface area contributed by atoms with Crippen molar-refractivity contribution in [3.8, 4) is 5.95 Å². The highest BCUT2D eigenvalue weighted by atomic mass is 16.5. The normalized spacial score (nSPS) is 19.1. The van der Waals surface area contributed by atoms with Crippen LogP contribution in [0.25, 0.3) is 5.95 Å². The van der Waals surface area contributed by atoms with E-state index in [1.807, 2.05) is 6.92 Å². The number of nitrogens with zero attached hydrogens (tertiary/aromatic N) is 4. The van der Waals surface area contributed by atoms with Crippen LogP contribution in [-0.4, -0.2) is 50.7 Å². The maximum atomic E-state index is 12.7. The fourth-order valence-electron chi connectivity index (χ4n) is 4.11. The summed E-state index contributed by atoms with van der Waals surface area (Å²) in [6, 6.07) is 0.137. The smallest absolute Gasteiger partial charge is 0.254 e. The van der Waals surface area contributed by atoms with E-state index in [0.717, 1.165) is 18.5 Å². The molecule has 2 aliphatic rings. The Morgan fingerprint density at radius 2 is 2.03 bits per heavy atom. The molecule has 0 unspecified atom stereocenters. The van der Waals surface area contributed by atoms with Crippen LogP contribution in [0.5, 0.6) is 0 Å². The van der Waals surface area contributed by atoms with Gasteiger partial charge < -0.3 is 15.8 Å². The second kappa shape index (κ2) is 7.22. The van der Waals surface area contributed by atoms with Crippen molar-refractivity contribution in [1.82, 2.24) is 19.7 Å². The molecular formula is C20H26N6O3. The number of ether oxygens (including phenoxy) is 1. The topological polar surface area (TPSA) is 125 Å². The Labute approximate surface area is 169 Å². The van der Waals surface area contributed by atoms with E-state index in [1.165, 1.54) is 6.20 Å². The van der Waals surface area contributed by atoms with E-state index in [1.54, 1.807) is 4.68 Å². The maximum absolute atomic E-state index is 12.7. The summed E-state index contributed by atoms with van der Waals surface area (Å²) in [7, 11) is 0. The Hall–Kier alpha value is -2.81. The van der Waals surface area contributed by atoms with Crippen molar-refractivity contribution in [3.05, 3.63) is 28.7 Å². The Bertz CT molecular complexity index is 975. The van der Waals surface area contributed by atoms with Crippen LogP contribution in [0.1, 0.15) is 65.2 Å². The largest absolute Gasteiger partial charge is 0.381 e. The highest BCUT2D eigenvalue weighted by Crippen LogP contribution is 2.36. The lowest BCUT2D eigenvalue weighted by Crippen LogP contribution is -2.30. The fraction of sp³-hybridized carbons (Fsp3) is 0.550. The van der Waals surface area contributed by atoms with Gasteiger partial charge >= 0.3 is 0 Å². The number of nitrogens with one attached hydrogen (secondary N) is 1. The van der Waals surface area contributed by atoms with Gasteiger partial charge in [-0.25, -0.2) is 9.67 Å². The standard InChI is InChI=1S/C20H26N6O3/c1-11-16-14(8-20(2,3)9-15(16)27)26(25-11)19-22-10-13(17(21)28)18(24-19)23-12-4-6-29-7-5-12/h10,12H,4-9H2,1-3H3,(H2,21,28)(H,22,23,24). The second-order valence-electron chi connectivity index (χ2n) is 8.59. The first-order valence-electron chi connectivity index (χ1n) is 9.88. The molecule has 0 radical (unpaired) electrons. The van der Waals surface area contributed by atoms with Crippen LogP contribution in [0, 0.1) is 12.3 Å². The molecule has 1 amide bonds. The van der Waals surface area contributed by atoms with Crippen LogP contribution in [0.2, 0.25) is 0 Å². The molecule has 1 aliphatic heterocycles. The van der Waals surface area contributed by atoms with Crippen LogP contribution in [0.15, 0.2) is 6.20 Å². The van der Waals surface area contributed by atoms with Crippen molar-refractivity contribution in [3.63, 3.8) is 0 Å². The number of aryl methyl sites for hydroxylation is 1. The first-order valence-corrected chi connectivity index (χ1v) is 9.88. The summed E-state index contributed by atoms with van der Waals surface area (Å²) in [5.74, 6) is 0.201. The minimum atomic E-state index is -0.596. The molecule has 1 aliphatic carbocycles. The number of carbonyl (C=O) groups excluding carboxylic acids is 2. The lowest BCUT2D eigenvalue weighted by molar-refractivity contribution is 0.0901. The fourth-order valence-corrected chi connectivity index (χ4v) is 4.11. The van der Waals surface area contributed by atoms with Gasteiger partial charge in [0.2, 0.25) is 0 Å². The molecule has 154 valence electrons. The molecule has 0 bridgehead atoms. The van der Waals surface area contributed by atoms with Crippen LogP contribution in [0.4, 0.5) is 5.82 Å². The lowest BCUT2D eigenvalue weighted by atomic mass is 9.75. The number of nitrogens with two attached hydrogens (primary N) is 1. The van der Waals surface area contributed by atoms with Crippen LogP contribution < -0.4 is 11.1 Å². The summed E-state index contributed by atoms with van der Waals surface area (Å²) in [6.45, 7) is 7.27. The SMILES string of the molecule is Cc1nn(-c2ncc(C(N)=O)c(NC3CCOCC3)n2)c2c1C(=O)CC(C)(C)C2. The molecule has 1 fully saturated rings. The molecule has 2 aromatic heterocycles. The zero-order valence-corrected chi connectivity index (χ0v) is 17.0. The molecule has 9 nitrogen and oxygen atoms in total. The quantitative estimate of drug-likeness (QED) is 0.804. The zero-order valence-electron chi connectivity index (χ0n) is 17.0. The second-order valence-corrected chi connectivity index (χ2v) is 8.59. The maximum Gasteiger partial charge on any atom is 0.254 e. The predicted molar refractivity (Wildman–Crippen MR) is 106 cm³/mol. The van der Waals surface area contributed by atoms with Gasteiger partial charge in [-0.3, -0.25) is 9.59 Å². The molecule has 29 heavy (non-hydrogen) atoms. The van der Waals surface area contributed by atoms with E-state index in [9.17, 15) is 9.59 Å². The van der Waals surface area contributed by atoms with Crippen molar-refractivity contribution in [2.45, 2.75) is 52.5 Å². The Morgan fingerprint density at radius 1 is 1.31 bits per heavy atom. The van der Waals surface area contributed by atoms with E-state index < -0.39 is 5.91 Å². The van der Waals surface area contributed by atoms with Gasteiger partial charge in [-0.2, -0.15) is 10.1 Å². The van der Waals surface area contributed by atoms with Gasteiger partial charge in [0.1, 0.15) is 5.82 Å². The van der Waals surface area contributed by atoms with E-state index in [4.69, 9.17) is 10.5 Å². The monoisotopic (exact) mass is 398 g/mol. The zero-order chi connectivity index (χ0) is 20.8. The lowest BCUT2D eigenvalue weighted by Gasteiger charge is -2.29. The third-order valence-electron chi connectivity index (χ3n) is 5.51. The van der Waals surface area contributed by atoms with Crippen LogP contribution >= 0.6 is 0 Å². The van der Waals surface area contributed by atoms with Gasteiger partial charge in [0.25, 0.3) is 11.9 Å². The molecular weight excluding hydrogens is 372 g/mol. The third kappa shape index (κ3) is 3.74. The first-order chi connectivity index (χ1) is 13.7. The number of amides is 1. The summed E-state index contributed by atoms with van der Waals surface area (Å²) in [5, 5.41) is 7.86. The predicted octanol–water partition coefficient (Wildman–Crippen LogP) is 1.82. The van der Waals surface area contributed by atoms with E-state index >= 15 is 0 Å². The first kappa shape index (κ1) is 19.5. The summed E-state index contributed by atoms with van der Waals surface area (Å²) < 4.78 is 7.02. The van der Waals surface area contributed by atoms with E-state index in [2.05, 4.69) is 34.2 Å². The number of aromatic nitrogens is 4. The van der Waals surface area contributed by atoms with Gasteiger partial charge in [0.05, 0.1) is 22.5 Å². The number of anilines is 1. The van der Waals surface area contributed by atoms with Gasteiger partial charge in [0, 0.05) is 31.9 Å². The van der Waals surface area contributed by atoms with Crippen molar-refractivity contribution in [1.29, 1.82) is 0 Å². The Balaban J connectivity index is 1.76. The minimum absolute atomic E-state index is 0.0920. The molecule has 4 rings (SSSR count). The number of fused-ring (bicyclic) bond motifs is 1.